The lowest BCUT2D eigenvalue weighted by molar-refractivity contribution is -0.146. The van der Waals surface area contributed by atoms with Crippen LogP contribution >= 0.6 is 62.1 Å². The minimum absolute atomic E-state index is 0.277. The van der Waals surface area contributed by atoms with Crippen LogP contribution in [0.25, 0.3) is 0 Å². The summed E-state index contributed by atoms with van der Waals surface area (Å²) in [4.78, 5) is 29.1. The number of nitrogens with one attached hydrogen (secondary N) is 1. The van der Waals surface area contributed by atoms with Gasteiger partial charge in [0.1, 0.15) is 18.2 Å². The number of aliphatic hydroxyl groups is 1. The molecule has 2 atom stereocenters. The number of esters is 1. The van der Waals surface area contributed by atoms with E-state index in [1.165, 1.54) is 11.3 Å². The number of aliphatic hydroxyl groups excluding tert-OH is 1. The second-order valence-corrected chi connectivity index (χ2v) is 12.8. The van der Waals surface area contributed by atoms with Gasteiger partial charge in [0.05, 0.1) is 16.8 Å². The van der Waals surface area contributed by atoms with Crippen molar-refractivity contribution in [2.75, 3.05) is 6.61 Å². The second-order valence-electron chi connectivity index (χ2n) is 8.07. The first kappa shape index (κ1) is 29.5. The molecule has 1 aromatic heterocycles. The van der Waals surface area contributed by atoms with Gasteiger partial charge in [-0.1, -0.05) is 50.7 Å². The van der Waals surface area contributed by atoms with Gasteiger partial charge in [0, 0.05) is 11.8 Å². The predicted octanol–water partition coefficient (Wildman–Crippen LogP) is 5.47. The summed E-state index contributed by atoms with van der Waals surface area (Å²) in [6.45, 7) is 6.55. The fourth-order valence-electron chi connectivity index (χ4n) is 2.50. The number of halogens is 4. The molecule has 1 heterocycles. The standard InChI is InChI=1S/C20H28BrCl3N2O5S/c1-12(21)8-14(27)9-16-25-13(10-32-16)6-5-7-15(17(28)30-11-20(22,23)24)26-18(29)31-19(2,3)4/h8,10,14-15,27H,5-7,9,11H2,1-4H3,(H,26,29)/b12-8+/t14-,15-/m0/s1. The molecular formula is C20H28BrCl3N2O5S. The summed E-state index contributed by atoms with van der Waals surface area (Å²) in [5.74, 6) is -0.721. The highest BCUT2D eigenvalue weighted by Gasteiger charge is 2.28. The van der Waals surface area contributed by atoms with Crippen LogP contribution in [0.5, 0.6) is 0 Å². The first-order valence-corrected chi connectivity index (χ1v) is 12.6. The van der Waals surface area contributed by atoms with Gasteiger partial charge in [0.2, 0.25) is 3.79 Å². The lowest BCUT2D eigenvalue weighted by atomic mass is 10.1. The molecule has 182 valence electrons. The third-order valence-corrected chi connectivity index (χ3v) is 5.20. The molecule has 0 radical (unpaired) electrons. The lowest BCUT2D eigenvalue weighted by Crippen LogP contribution is -2.44. The van der Waals surface area contributed by atoms with Gasteiger partial charge in [-0.2, -0.15) is 0 Å². The Hall–Kier alpha value is -0.580. The quantitative estimate of drug-likeness (QED) is 0.275. The van der Waals surface area contributed by atoms with Crippen LogP contribution in [0, 0.1) is 0 Å². The number of ether oxygens (including phenoxy) is 2. The molecule has 32 heavy (non-hydrogen) atoms. The number of aryl methyl sites for hydroxylation is 1. The number of amides is 1. The van der Waals surface area contributed by atoms with Gasteiger partial charge in [-0.15, -0.1) is 11.3 Å². The van der Waals surface area contributed by atoms with Crippen LogP contribution in [0.4, 0.5) is 4.79 Å². The molecule has 0 aliphatic heterocycles. The molecule has 1 rings (SSSR count). The number of alkyl halides is 3. The minimum Gasteiger partial charge on any atom is -0.460 e. The average molecular weight is 595 g/mol. The molecule has 2 N–H and O–H groups in total. The van der Waals surface area contributed by atoms with Crippen LogP contribution in [-0.2, 0) is 27.1 Å². The molecule has 7 nitrogen and oxygen atoms in total. The van der Waals surface area contributed by atoms with Crippen molar-refractivity contribution in [3.63, 3.8) is 0 Å². The van der Waals surface area contributed by atoms with E-state index < -0.39 is 40.2 Å². The largest absolute Gasteiger partial charge is 0.460 e. The maximum absolute atomic E-state index is 12.4. The number of alkyl carbamates (subject to hydrolysis) is 1. The highest BCUT2D eigenvalue weighted by molar-refractivity contribution is 9.11. The van der Waals surface area contributed by atoms with E-state index in [2.05, 4.69) is 26.2 Å². The molecule has 0 aliphatic carbocycles. The average Bonchev–Trinajstić information content (AvgIpc) is 3.02. The monoisotopic (exact) mass is 592 g/mol. The van der Waals surface area contributed by atoms with E-state index in [0.717, 1.165) is 15.2 Å². The van der Waals surface area contributed by atoms with Crippen LogP contribution in [0.15, 0.2) is 15.9 Å². The van der Waals surface area contributed by atoms with Gasteiger partial charge in [-0.25, -0.2) is 14.6 Å². The third kappa shape index (κ3) is 13.9. The van der Waals surface area contributed by atoms with Crippen LogP contribution in [0.2, 0.25) is 0 Å². The van der Waals surface area contributed by atoms with Gasteiger partial charge >= 0.3 is 12.1 Å². The maximum atomic E-state index is 12.4. The summed E-state index contributed by atoms with van der Waals surface area (Å²) >= 11 is 21.7. The van der Waals surface area contributed by atoms with E-state index in [4.69, 9.17) is 44.3 Å². The lowest BCUT2D eigenvalue weighted by Gasteiger charge is -2.23. The van der Waals surface area contributed by atoms with E-state index in [9.17, 15) is 14.7 Å². The van der Waals surface area contributed by atoms with Crippen molar-refractivity contribution in [1.82, 2.24) is 10.3 Å². The Labute approximate surface area is 215 Å². The Morgan fingerprint density at radius 1 is 1.34 bits per heavy atom. The number of aromatic nitrogens is 1. The Morgan fingerprint density at radius 3 is 2.56 bits per heavy atom. The SMILES string of the molecule is C/C(Br)=C\[C@H](O)Cc1nc(CCC[C@H](NC(=O)OC(C)(C)C)C(=O)OCC(Cl)(Cl)Cl)cs1. The molecule has 0 fully saturated rings. The fraction of sp³-hybridized carbons (Fsp3) is 0.650. The highest BCUT2D eigenvalue weighted by atomic mass is 79.9. The fourth-order valence-corrected chi connectivity index (χ4v) is 3.85. The molecule has 0 unspecified atom stereocenters. The Balaban J connectivity index is 2.68. The molecule has 0 spiro atoms. The normalized spacial score (nSPS) is 14.6. The Bertz CT molecular complexity index is 789. The number of carbonyl (C=O) groups is 2. The Kier molecular flexibility index (Phi) is 12.3. The van der Waals surface area contributed by atoms with E-state index >= 15 is 0 Å². The minimum atomic E-state index is -1.75. The summed E-state index contributed by atoms with van der Waals surface area (Å²) in [5.41, 5.74) is 0.114. The molecule has 12 heteroatoms. The molecule has 0 saturated heterocycles. The Morgan fingerprint density at radius 2 is 2.00 bits per heavy atom. The maximum Gasteiger partial charge on any atom is 0.408 e. The molecule has 1 amide bonds. The van der Waals surface area contributed by atoms with Crippen molar-refractivity contribution in [3.05, 3.63) is 26.6 Å². The smallest absolute Gasteiger partial charge is 0.408 e. The summed E-state index contributed by atoms with van der Waals surface area (Å²) < 4.78 is 9.34. The van der Waals surface area contributed by atoms with E-state index in [1.807, 2.05) is 12.3 Å². The number of rotatable bonds is 10. The number of hydrogen-bond acceptors (Lipinski definition) is 7. The highest BCUT2D eigenvalue weighted by Crippen LogP contribution is 2.26. The molecule has 0 aliphatic rings. The number of thiazole rings is 1. The summed E-state index contributed by atoms with van der Waals surface area (Å²) in [6.07, 6.45) is 2.15. The summed E-state index contributed by atoms with van der Waals surface area (Å²) in [7, 11) is 0. The van der Waals surface area contributed by atoms with Gasteiger partial charge < -0.3 is 19.9 Å². The zero-order valence-electron chi connectivity index (χ0n) is 18.3. The molecular weight excluding hydrogens is 567 g/mol. The zero-order valence-corrected chi connectivity index (χ0v) is 23.0. The van der Waals surface area contributed by atoms with Crippen molar-refractivity contribution >= 4 is 74.1 Å². The van der Waals surface area contributed by atoms with E-state index in [-0.39, 0.29) is 6.42 Å². The predicted molar refractivity (Wildman–Crippen MR) is 132 cm³/mol. The molecule has 0 aromatic carbocycles. The van der Waals surface area contributed by atoms with Crippen molar-refractivity contribution < 1.29 is 24.2 Å². The molecule has 0 saturated carbocycles. The summed E-state index contributed by atoms with van der Waals surface area (Å²) in [5, 5.41) is 15.2. The second kappa shape index (κ2) is 13.3. The third-order valence-electron chi connectivity index (χ3n) is 3.68. The first-order valence-electron chi connectivity index (χ1n) is 9.83. The number of carbonyl (C=O) groups excluding carboxylic acids is 2. The topological polar surface area (TPSA) is 97.8 Å². The van der Waals surface area contributed by atoms with Crippen LogP contribution < -0.4 is 5.32 Å². The first-order chi connectivity index (χ1) is 14.6. The van der Waals surface area contributed by atoms with Crippen LogP contribution in [0.3, 0.4) is 0 Å². The van der Waals surface area contributed by atoms with E-state index in [0.29, 0.717) is 19.3 Å². The van der Waals surface area contributed by atoms with Crippen molar-refractivity contribution in [2.24, 2.45) is 0 Å². The number of nitrogens with zero attached hydrogens (tertiary/aromatic N) is 1. The van der Waals surface area contributed by atoms with Crippen molar-refractivity contribution in [2.45, 2.75) is 74.9 Å². The van der Waals surface area contributed by atoms with Gasteiger partial charge in [0.25, 0.3) is 0 Å². The van der Waals surface area contributed by atoms with E-state index in [1.54, 1.807) is 26.8 Å². The molecule has 0 bridgehead atoms. The summed E-state index contributed by atoms with van der Waals surface area (Å²) in [6, 6.07) is -0.968. The van der Waals surface area contributed by atoms with Crippen LogP contribution in [0.1, 0.15) is 51.2 Å². The van der Waals surface area contributed by atoms with Gasteiger partial charge in [0.15, 0.2) is 0 Å². The zero-order chi connectivity index (χ0) is 24.5. The van der Waals surface area contributed by atoms with Crippen molar-refractivity contribution in [3.8, 4) is 0 Å². The molecule has 1 aromatic rings. The number of allylic oxidation sites excluding steroid dienone is 1. The van der Waals surface area contributed by atoms with Gasteiger partial charge in [-0.3, -0.25) is 0 Å². The number of hydrogen-bond donors (Lipinski definition) is 2. The van der Waals surface area contributed by atoms with Crippen LogP contribution in [-0.4, -0.2) is 50.3 Å². The van der Waals surface area contributed by atoms with Gasteiger partial charge in [-0.05, 0) is 57.5 Å². The van der Waals surface area contributed by atoms with Crippen molar-refractivity contribution in [1.29, 1.82) is 0 Å².